The summed E-state index contributed by atoms with van der Waals surface area (Å²) in [5.41, 5.74) is 0. The van der Waals surface area contributed by atoms with Gasteiger partial charge in [0, 0.05) is 19.7 Å². The average Bonchev–Trinajstić information content (AvgIpc) is 2.76. The average molecular weight is 273 g/mol. The molecule has 1 aromatic rings. The molecule has 0 aliphatic carbocycles. The standard InChI is InChI=1S/C11H19N3O3S/c1-8-6-10(17-3)4-5-14(8)18(15,16)11-7-12-9(2)13-11/h7-8,10H,4-6H2,1-3H3,(H,12,13). The van der Waals surface area contributed by atoms with Gasteiger partial charge >= 0.3 is 0 Å². The molecule has 18 heavy (non-hydrogen) atoms. The van der Waals surface area contributed by atoms with Gasteiger partial charge in [0.05, 0.1) is 12.3 Å². The summed E-state index contributed by atoms with van der Waals surface area (Å²) in [7, 11) is -1.80. The van der Waals surface area contributed by atoms with Gasteiger partial charge in [0.1, 0.15) is 5.82 Å². The molecule has 1 aromatic heterocycles. The number of rotatable bonds is 3. The van der Waals surface area contributed by atoms with Crippen LogP contribution < -0.4 is 0 Å². The molecular formula is C11H19N3O3S. The number of aromatic nitrogens is 2. The van der Waals surface area contributed by atoms with Crippen LogP contribution in [0.15, 0.2) is 11.2 Å². The summed E-state index contributed by atoms with van der Waals surface area (Å²) in [5, 5.41) is 0.169. The van der Waals surface area contributed by atoms with Crippen LogP contribution in [0, 0.1) is 6.92 Å². The van der Waals surface area contributed by atoms with E-state index >= 15 is 0 Å². The minimum atomic E-state index is -3.46. The number of nitrogens with one attached hydrogen (secondary N) is 1. The molecule has 0 aromatic carbocycles. The largest absolute Gasteiger partial charge is 0.381 e. The molecule has 1 aliphatic rings. The summed E-state index contributed by atoms with van der Waals surface area (Å²) in [5.74, 6) is 0.605. The number of aryl methyl sites for hydroxylation is 1. The second-order valence-corrected chi connectivity index (χ2v) is 6.54. The molecule has 1 fully saturated rings. The van der Waals surface area contributed by atoms with Crippen LogP contribution in [0.1, 0.15) is 25.6 Å². The van der Waals surface area contributed by atoms with Gasteiger partial charge in [-0.15, -0.1) is 0 Å². The monoisotopic (exact) mass is 273 g/mol. The Balaban J connectivity index is 2.21. The van der Waals surface area contributed by atoms with Crippen molar-refractivity contribution in [1.82, 2.24) is 14.3 Å². The van der Waals surface area contributed by atoms with Gasteiger partial charge in [0.15, 0.2) is 5.03 Å². The Morgan fingerprint density at radius 2 is 2.28 bits per heavy atom. The third kappa shape index (κ3) is 2.43. The van der Waals surface area contributed by atoms with Crippen LogP contribution in [0.25, 0.3) is 0 Å². The van der Waals surface area contributed by atoms with E-state index in [-0.39, 0.29) is 17.2 Å². The topological polar surface area (TPSA) is 75.3 Å². The second kappa shape index (κ2) is 4.99. The van der Waals surface area contributed by atoms with E-state index in [1.54, 1.807) is 14.0 Å². The fraction of sp³-hybridized carbons (Fsp3) is 0.727. The van der Waals surface area contributed by atoms with Gasteiger partial charge in [-0.1, -0.05) is 0 Å². The smallest absolute Gasteiger partial charge is 0.260 e. The minimum absolute atomic E-state index is 0.0580. The molecule has 7 heteroatoms. The number of hydrogen-bond donors (Lipinski definition) is 1. The van der Waals surface area contributed by atoms with Crippen LogP contribution in [0.3, 0.4) is 0 Å². The van der Waals surface area contributed by atoms with Crippen molar-refractivity contribution in [3.8, 4) is 0 Å². The minimum Gasteiger partial charge on any atom is -0.381 e. The lowest BCUT2D eigenvalue weighted by molar-refractivity contribution is 0.0422. The summed E-state index contributed by atoms with van der Waals surface area (Å²) in [6.45, 7) is 4.13. The van der Waals surface area contributed by atoms with Gasteiger partial charge in [0.2, 0.25) is 0 Å². The first-order chi connectivity index (χ1) is 8.45. The van der Waals surface area contributed by atoms with E-state index in [9.17, 15) is 8.42 Å². The second-order valence-electron chi connectivity index (χ2n) is 4.68. The van der Waals surface area contributed by atoms with E-state index in [1.807, 2.05) is 6.92 Å². The SMILES string of the molecule is COC1CCN(S(=O)(=O)c2cnc(C)[nH]2)C(C)C1. The Kier molecular flexibility index (Phi) is 3.74. The van der Waals surface area contributed by atoms with Crippen LogP contribution in [-0.2, 0) is 14.8 Å². The number of aromatic amines is 1. The highest BCUT2D eigenvalue weighted by atomic mass is 32.2. The molecule has 0 amide bonds. The van der Waals surface area contributed by atoms with Gasteiger partial charge in [-0.25, -0.2) is 13.4 Å². The first-order valence-corrected chi connectivity index (χ1v) is 7.45. The van der Waals surface area contributed by atoms with Gasteiger partial charge in [-0.05, 0) is 26.7 Å². The molecule has 0 saturated carbocycles. The van der Waals surface area contributed by atoms with E-state index < -0.39 is 10.0 Å². The lowest BCUT2D eigenvalue weighted by atomic mass is 10.0. The van der Waals surface area contributed by atoms with Crippen molar-refractivity contribution in [1.29, 1.82) is 0 Å². The molecule has 1 N–H and O–H groups in total. The number of hydrogen-bond acceptors (Lipinski definition) is 4. The predicted octanol–water partition coefficient (Wildman–Crippen LogP) is 0.906. The Labute approximate surface area is 107 Å². The molecule has 1 aliphatic heterocycles. The Morgan fingerprint density at radius 1 is 1.56 bits per heavy atom. The van der Waals surface area contributed by atoms with Crippen molar-refractivity contribution in [3.05, 3.63) is 12.0 Å². The van der Waals surface area contributed by atoms with Crippen molar-refractivity contribution < 1.29 is 13.2 Å². The maximum absolute atomic E-state index is 12.4. The van der Waals surface area contributed by atoms with Crippen molar-refractivity contribution in [2.45, 2.75) is 43.9 Å². The van der Waals surface area contributed by atoms with Crippen LogP contribution in [0.4, 0.5) is 0 Å². The number of methoxy groups -OCH3 is 1. The van der Waals surface area contributed by atoms with Gasteiger partial charge in [-0.3, -0.25) is 0 Å². The van der Waals surface area contributed by atoms with Crippen LogP contribution in [-0.4, -0.2) is 48.5 Å². The quantitative estimate of drug-likeness (QED) is 0.888. The number of nitrogens with zero attached hydrogens (tertiary/aromatic N) is 2. The summed E-state index contributed by atoms with van der Waals surface area (Å²) < 4.78 is 31.7. The van der Waals surface area contributed by atoms with E-state index in [0.717, 1.165) is 12.8 Å². The zero-order chi connectivity index (χ0) is 13.3. The highest BCUT2D eigenvalue weighted by Gasteiger charge is 2.35. The third-order valence-corrected chi connectivity index (χ3v) is 5.29. The summed E-state index contributed by atoms with van der Waals surface area (Å²) in [6.07, 6.45) is 2.98. The normalized spacial score (nSPS) is 26.4. The van der Waals surface area contributed by atoms with Gasteiger partial charge in [-0.2, -0.15) is 4.31 Å². The van der Waals surface area contributed by atoms with E-state index in [4.69, 9.17) is 4.74 Å². The third-order valence-electron chi connectivity index (χ3n) is 3.37. The molecular weight excluding hydrogens is 254 g/mol. The van der Waals surface area contributed by atoms with Crippen LogP contribution in [0.2, 0.25) is 0 Å². The molecule has 0 spiro atoms. The van der Waals surface area contributed by atoms with E-state index in [0.29, 0.717) is 12.4 Å². The molecule has 0 bridgehead atoms. The first-order valence-electron chi connectivity index (χ1n) is 6.01. The summed E-state index contributed by atoms with van der Waals surface area (Å²) in [6, 6.07) is -0.0580. The Bertz CT molecular complexity index is 511. The Morgan fingerprint density at radius 3 is 2.78 bits per heavy atom. The lowest BCUT2D eigenvalue weighted by Gasteiger charge is -2.35. The molecule has 1 saturated heterocycles. The van der Waals surface area contributed by atoms with Crippen LogP contribution >= 0.6 is 0 Å². The number of ether oxygens (including phenoxy) is 1. The molecule has 6 nitrogen and oxygen atoms in total. The van der Waals surface area contributed by atoms with Gasteiger partial charge in [0.25, 0.3) is 10.0 Å². The fourth-order valence-electron chi connectivity index (χ4n) is 2.33. The van der Waals surface area contributed by atoms with E-state index in [1.165, 1.54) is 10.5 Å². The molecule has 2 heterocycles. The molecule has 0 radical (unpaired) electrons. The highest BCUT2D eigenvalue weighted by Crippen LogP contribution is 2.25. The summed E-state index contributed by atoms with van der Waals surface area (Å²) >= 11 is 0. The maximum atomic E-state index is 12.4. The number of H-pyrrole nitrogens is 1. The summed E-state index contributed by atoms with van der Waals surface area (Å²) in [4.78, 5) is 6.74. The van der Waals surface area contributed by atoms with Crippen molar-refractivity contribution >= 4 is 10.0 Å². The molecule has 2 rings (SSSR count). The lowest BCUT2D eigenvalue weighted by Crippen LogP contribution is -2.46. The zero-order valence-corrected chi connectivity index (χ0v) is 11.7. The highest BCUT2D eigenvalue weighted by molar-refractivity contribution is 7.89. The van der Waals surface area contributed by atoms with Crippen molar-refractivity contribution in [2.75, 3.05) is 13.7 Å². The van der Waals surface area contributed by atoms with Crippen LogP contribution in [0.5, 0.6) is 0 Å². The zero-order valence-electron chi connectivity index (χ0n) is 10.9. The maximum Gasteiger partial charge on any atom is 0.260 e. The van der Waals surface area contributed by atoms with E-state index in [2.05, 4.69) is 9.97 Å². The predicted molar refractivity (Wildman–Crippen MR) is 66.7 cm³/mol. The number of imidazole rings is 1. The molecule has 2 unspecified atom stereocenters. The Hall–Kier alpha value is -0.920. The first kappa shape index (κ1) is 13.5. The number of piperidine rings is 1. The molecule has 2 atom stereocenters. The fourth-order valence-corrected chi connectivity index (χ4v) is 3.96. The van der Waals surface area contributed by atoms with Crippen molar-refractivity contribution in [3.63, 3.8) is 0 Å². The molecule has 102 valence electrons. The van der Waals surface area contributed by atoms with Gasteiger partial charge < -0.3 is 9.72 Å². The number of sulfonamides is 1. The van der Waals surface area contributed by atoms with Crippen molar-refractivity contribution in [2.24, 2.45) is 0 Å².